The Balaban J connectivity index is 1.80. The van der Waals surface area contributed by atoms with Crippen molar-refractivity contribution in [1.82, 2.24) is 18.9 Å². The van der Waals surface area contributed by atoms with Crippen LogP contribution in [0, 0.1) is 0 Å². The number of nitrogens with zero attached hydrogens (tertiary/aromatic N) is 4. The summed E-state index contributed by atoms with van der Waals surface area (Å²) in [5.74, 6) is -1.20. The van der Waals surface area contributed by atoms with Gasteiger partial charge in [0, 0.05) is 25.8 Å². The Hall–Kier alpha value is -3.16. The van der Waals surface area contributed by atoms with Gasteiger partial charge < -0.3 is 14.6 Å². The molecule has 1 aliphatic rings. The quantitative estimate of drug-likeness (QED) is 0.744. The molecule has 1 saturated carbocycles. The van der Waals surface area contributed by atoms with Crippen molar-refractivity contribution in [2.24, 2.45) is 7.05 Å². The molecular weight excluding hydrogens is 336 g/mol. The van der Waals surface area contributed by atoms with E-state index in [1.807, 2.05) is 0 Å². The minimum atomic E-state index is -0.938. The fraction of sp³-hybridized carbons (Fsp3) is 0.333. The molecule has 3 heterocycles. The van der Waals surface area contributed by atoms with Gasteiger partial charge in [0.15, 0.2) is 0 Å². The second-order valence-corrected chi connectivity index (χ2v) is 6.55. The van der Waals surface area contributed by atoms with Gasteiger partial charge in [0.2, 0.25) is 0 Å². The largest absolute Gasteiger partial charge is 0.481 e. The Morgan fingerprint density at radius 3 is 2.81 bits per heavy atom. The predicted octanol–water partition coefficient (Wildman–Crippen LogP) is 1.27. The zero-order chi connectivity index (χ0) is 18.4. The summed E-state index contributed by atoms with van der Waals surface area (Å²) >= 11 is 0. The van der Waals surface area contributed by atoms with Crippen LogP contribution >= 0.6 is 0 Å². The number of carbonyl (C=O) groups excluding carboxylic acids is 1. The zero-order valence-corrected chi connectivity index (χ0v) is 14.3. The van der Waals surface area contributed by atoms with Crippen molar-refractivity contribution in [2.75, 3.05) is 6.54 Å². The topological polar surface area (TPSA) is 96.9 Å². The lowest BCUT2D eigenvalue weighted by Crippen LogP contribution is -2.36. The van der Waals surface area contributed by atoms with Crippen molar-refractivity contribution in [3.05, 3.63) is 46.5 Å². The number of carbonyl (C=O) groups is 2. The molecule has 3 aromatic heterocycles. The number of aryl methyl sites for hydroxylation is 1. The summed E-state index contributed by atoms with van der Waals surface area (Å²) < 4.78 is 3.06. The van der Waals surface area contributed by atoms with Gasteiger partial charge >= 0.3 is 5.97 Å². The summed E-state index contributed by atoms with van der Waals surface area (Å²) in [4.78, 5) is 42.7. The maximum Gasteiger partial charge on any atom is 0.305 e. The maximum atomic E-state index is 13.0. The molecule has 4 rings (SSSR count). The van der Waals surface area contributed by atoms with Gasteiger partial charge in [-0.15, -0.1) is 0 Å². The predicted molar refractivity (Wildman–Crippen MR) is 94.3 cm³/mol. The van der Waals surface area contributed by atoms with E-state index >= 15 is 0 Å². The number of amides is 1. The van der Waals surface area contributed by atoms with Crippen LogP contribution in [0.15, 0.2) is 35.3 Å². The van der Waals surface area contributed by atoms with Gasteiger partial charge in [-0.2, -0.15) is 0 Å². The van der Waals surface area contributed by atoms with Gasteiger partial charge in [-0.05, 0) is 31.0 Å². The Morgan fingerprint density at radius 2 is 2.12 bits per heavy atom. The van der Waals surface area contributed by atoms with Gasteiger partial charge in [0.1, 0.15) is 17.0 Å². The summed E-state index contributed by atoms with van der Waals surface area (Å²) in [6.07, 6.45) is 3.29. The lowest BCUT2D eigenvalue weighted by molar-refractivity contribution is -0.137. The molecule has 8 heteroatoms. The minimum absolute atomic E-state index is 0.0768. The van der Waals surface area contributed by atoms with Crippen LogP contribution in [0.3, 0.4) is 0 Å². The third-order valence-electron chi connectivity index (χ3n) is 4.74. The van der Waals surface area contributed by atoms with Crippen LogP contribution in [0.2, 0.25) is 0 Å². The number of aromatic nitrogens is 3. The highest BCUT2D eigenvalue weighted by Crippen LogP contribution is 2.29. The van der Waals surface area contributed by atoms with Gasteiger partial charge in [0.25, 0.3) is 11.5 Å². The van der Waals surface area contributed by atoms with Crippen LogP contribution in [-0.2, 0) is 11.8 Å². The van der Waals surface area contributed by atoms with E-state index in [-0.39, 0.29) is 30.5 Å². The van der Waals surface area contributed by atoms with Gasteiger partial charge in [0.05, 0.1) is 11.8 Å². The molecule has 0 aliphatic heterocycles. The molecule has 1 amide bonds. The highest BCUT2D eigenvalue weighted by molar-refractivity contribution is 5.98. The zero-order valence-electron chi connectivity index (χ0n) is 14.3. The second kappa shape index (κ2) is 5.98. The van der Waals surface area contributed by atoms with Crippen molar-refractivity contribution in [1.29, 1.82) is 0 Å². The highest BCUT2D eigenvalue weighted by Gasteiger charge is 2.34. The van der Waals surface area contributed by atoms with E-state index < -0.39 is 5.97 Å². The van der Waals surface area contributed by atoms with Crippen molar-refractivity contribution in [3.63, 3.8) is 0 Å². The number of rotatable bonds is 5. The molecule has 0 aromatic carbocycles. The summed E-state index contributed by atoms with van der Waals surface area (Å²) in [7, 11) is 1.70. The summed E-state index contributed by atoms with van der Waals surface area (Å²) in [5, 5.41) is 9.30. The fourth-order valence-electron chi connectivity index (χ4n) is 3.23. The molecule has 0 atom stereocenters. The standard InChI is InChI=1S/C18H18N4O4/c1-20-13(18(26)21(11-5-6-11)9-7-15(23)24)10-12-16(20)19-14-4-2-3-8-22(14)17(12)25/h2-4,8,10-11H,5-7,9H2,1H3,(H,23,24). The van der Waals surface area contributed by atoms with Crippen LogP contribution in [0.1, 0.15) is 29.8 Å². The van der Waals surface area contributed by atoms with Crippen LogP contribution in [0.4, 0.5) is 0 Å². The molecule has 0 bridgehead atoms. The van der Waals surface area contributed by atoms with Crippen molar-refractivity contribution in [2.45, 2.75) is 25.3 Å². The minimum Gasteiger partial charge on any atom is -0.481 e. The van der Waals surface area contributed by atoms with Crippen LogP contribution in [0.25, 0.3) is 16.7 Å². The molecule has 0 unspecified atom stereocenters. The lowest BCUT2D eigenvalue weighted by Gasteiger charge is -2.21. The molecular formula is C18H18N4O4. The molecule has 3 aromatic rings. The first-order valence-electron chi connectivity index (χ1n) is 8.47. The van der Waals surface area contributed by atoms with E-state index in [4.69, 9.17) is 5.11 Å². The number of aliphatic carboxylic acids is 1. The van der Waals surface area contributed by atoms with Gasteiger partial charge in [-0.1, -0.05) is 6.07 Å². The van der Waals surface area contributed by atoms with Crippen LogP contribution in [-0.4, -0.2) is 48.4 Å². The van der Waals surface area contributed by atoms with Crippen molar-refractivity contribution in [3.8, 4) is 0 Å². The Bertz CT molecular complexity index is 1090. The monoisotopic (exact) mass is 354 g/mol. The molecule has 8 nitrogen and oxygen atoms in total. The van der Waals surface area contributed by atoms with Crippen molar-refractivity contribution < 1.29 is 14.7 Å². The number of fused-ring (bicyclic) bond motifs is 2. The first-order valence-corrected chi connectivity index (χ1v) is 8.47. The van der Waals surface area contributed by atoms with Gasteiger partial charge in [-0.25, -0.2) is 4.98 Å². The summed E-state index contributed by atoms with van der Waals surface area (Å²) in [6.45, 7) is 0.161. The number of hydrogen-bond donors (Lipinski definition) is 1. The molecule has 134 valence electrons. The van der Waals surface area contributed by atoms with E-state index in [1.54, 1.807) is 47.0 Å². The third-order valence-corrected chi connectivity index (χ3v) is 4.74. The summed E-state index contributed by atoms with van der Waals surface area (Å²) in [6, 6.07) is 6.91. The summed E-state index contributed by atoms with van der Waals surface area (Å²) in [5.41, 5.74) is 1.07. The van der Waals surface area contributed by atoms with Crippen molar-refractivity contribution >= 4 is 28.6 Å². The van der Waals surface area contributed by atoms with Crippen LogP contribution < -0.4 is 5.56 Å². The number of carboxylic acids is 1. The maximum absolute atomic E-state index is 13.0. The molecule has 26 heavy (non-hydrogen) atoms. The third kappa shape index (κ3) is 2.63. The molecule has 1 fully saturated rings. The second-order valence-electron chi connectivity index (χ2n) is 6.55. The normalized spacial score (nSPS) is 14.0. The first-order chi connectivity index (χ1) is 12.5. The Morgan fingerprint density at radius 1 is 1.35 bits per heavy atom. The smallest absolute Gasteiger partial charge is 0.305 e. The Kier molecular flexibility index (Phi) is 3.75. The van der Waals surface area contributed by atoms with E-state index in [9.17, 15) is 14.4 Å². The number of hydrogen-bond acceptors (Lipinski definition) is 4. The highest BCUT2D eigenvalue weighted by atomic mass is 16.4. The number of carboxylic acid groups (broad SMARTS) is 1. The first kappa shape index (κ1) is 16.3. The van der Waals surface area contributed by atoms with E-state index in [2.05, 4.69) is 4.98 Å². The molecule has 1 aliphatic carbocycles. The van der Waals surface area contributed by atoms with Crippen LogP contribution in [0.5, 0.6) is 0 Å². The average molecular weight is 354 g/mol. The molecule has 0 saturated heterocycles. The van der Waals surface area contributed by atoms with E-state index in [0.717, 1.165) is 12.8 Å². The van der Waals surface area contributed by atoms with E-state index in [0.29, 0.717) is 22.4 Å². The number of pyridine rings is 1. The fourth-order valence-corrected chi connectivity index (χ4v) is 3.23. The lowest BCUT2D eigenvalue weighted by atomic mass is 10.3. The average Bonchev–Trinajstić information content (AvgIpc) is 3.40. The van der Waals surface area contributed by atoms with E-state index in [1.165, 1.54) is 4.40 Å². The van der Waals surface area contributed by atoms with Gasteiger partial charge in [-0.3, -0.25) is 18.8 Å². The molecule has 0 spiro atoms. The SMILES string of the molecule is Cn1c(C(=O)N(CCC(=O)O)C2CC2)cc2c(=O)n3ccccc3nc21. The Labute approximate surface area is 148 Å². The molecule has 1 N–H and O–H groups in total. The molecule has 0 radical (unpaired) electrons.